The van der Waals surface area contributed by atoms with Crippen molar-refractivity contribution in [2.45, 2.75) is 13.0 Å². The molecule has 5 nitrogen and oxygen atoms in total. The van der Waals surface area contributed by atoms with E-state index in [1.807, 2.05) is 24.3 Å². The fourth-order valence-corrected chi connectivity index (χ4v) is 1.99. The summed E-state index contributed by atoms with van der Waals surface area (Å²) in [6.07, 6.45) is -0.820. The Labute approximate surface area is 122 Å². The molecule has 0 amide bonds. The highest BCUT2D eigenvalue weighted by atomic mass is 16.6. The summed E-state index contributed by atoms with van der Waals surface area (Å²) >= 11 is 0. The smallest absolute Gasteiger partial charge is 0.346 e. The van der Waals surface area contributed by atoms with Crippen LogP contribution in [0.5, 0.6) is 5.75 Å². The summed E-state index contributed by atoms with van der Waals surface area (Å²) < 4.78 is 14.9. The van der Waals surface area contributed by atoms with Crippen molar-refractivity contribution in [1.82, 2.24) is 0 Å². The van der Waals surface area contributed by atoms with Gasteiger partial charge in [0.2, 0.25) is 0 Å². The van der Waals surface area contributed by atoms with E-state index in [4.69, 9.17) is 9.47 Å². The third-order valence-electron chi connectivity index (χ3n) is 3.09. The summed E-state index contributed by atoms with van der Waals surface area (Å²) in [6.45, 7) is 1.56. The van der Waals surface area contributed by atoms with Crippen LogP contribution < -0.4 is 4.74 Å². The van der Waals surface area contributed by atoms with E-state index in [0.717, 1.165) is 10.8 Å². The fourth-order valence-electron chi connectivity index (χ4n) is 1.99. The Morgan fingerprint density at radius 1 is 1.00 bits per heavy atom. The third kappa shape index (κ3) is 3.13. The van der Waals surface area contributed by atoms with Gasteiger partial charge in [-0.1, -0.05) is 24.3 Å². The number of ether oxygens (including phenoxy) is 3. The van der Waals surface area contributed by atoms with Gasteiger partial charge in [0.05, 0.1) is 14.2 Å². The standard InChI is InChI=1S/C16H16O5/c1-10(15(17)19-2)21-14-9-12-7-5-4-6-11(12)8-13(14)16(18)20-3/h4-10H,1-3H3/t10-/m1/s1. The van der Waals surface area contributed by atoms with E-state index < -0.39 is 18.0 Å². The predicted molar refractivity (Wildman–Crippen MR) is 77.4 cm³/mol. The number of benzene rings is 2. The van der Waals surface area contributed by atoms with E-state index in [9.17, 15) is 9.59 Å². The second kappa shape index (κ2) is 6.26. The van der Waals surface area contributed by atoms with Gasteiger partial charge in [-0.3, -0.25) is 0 Å². The average molecular weight is 288 g/mol. The van der Waals surface area contributed by atoms with Gasteiger partial charge in [-0.2, -0.15) is 0 Å². The number of methoxy groups -OCH3 is 2. The SMILES string of the molecule is COC(=O)c1cc2ccccc2cc1O[C@H](C)C(=O)OC. The van der Waals surface area contributed by atoms with Crippen LogP contribution in [0.2, 0.25) is 0 Å². The second-order valence-corrected chi connectivity index (χ2v) is 4.47. The van der Waals surface area contributed by atoms with Crippen molar-refractivity contribution in [3.05, 3.63) is 42.0 Å². The van der Waals surface area contributed by atoms with Gasteiger partial charge in [0.15, 0.2) is 6.10 Å². The highest BCUT2D eigenvalue weighted by molar-refractivity contribution is 5.98. The Balaban J connectivity index is 2.48. The van der Waals surface area contributed by atoms with Gasteiger partial charge in [0.25, 0.3) is 0 Å². The lowest BCUT2D eigenvalue weighted by molar-refractivity contribution is -0.147. The Hall–Kier alpha value is -2.56. The molecule has 2 rings (SSSR count). The molecule has 0 unspecified atom stereocenters. The van der Waals surface area contributed by atoms with Crippen LogP contribution in [0.15, 0.2) is 36.4 Å². The summed E-state index contributed by atoms with van der Waals surface area (Å²) in [5.41, 5.74) is 0.270. The van der Waals surface area contributed by atoms with Gasteiger partial charge in [0.1, 0.15) is 11.3 Å². The molecule has 0 bridgehead atoms. The lowest BCUT2D eigenvalue weighted by atomic mass is 10.1. The van der Waals surface area contributed by atoms with Crippen molar-refractivity contribution in [3.63, 3.8) is 0 Å². The number of rotatable bonds is 4. The quantitative estimate of drug-likeness (QED) is 0.809. The average Bonchev–Trinajstić information content (AvgIpc) is 2.52. The van der Waals surface area contributed by atoms with Crippen molar-refractivity contribution < 1.29 is 23.8 Å². The normalized spacial score (nSPS) is 11.8. The molecule has 0 spiro atoms. The fraction of sp³-hybridized carbons (Fsp3) is 0.250. The Bertz CT molecular complexity index is 677. The van der Waals surface area contributed by atoms with Gasteiger partial charge in [-0.25, -0.2) is 9.59 Å². The van der Waals surface area contributed by atoms with E-state index in [-0.39, 0.29) is 5.56 Å². The van der Waals surface area contributed by atoms with Crippen LogP contribution in [0.3, 0.4) is 0 Å². The monoisotopic (exact) mass is 288 g/mol. The highest BCUT2D eigenvalue weighted by Gasteiger charge is 2.20. The maximum atomic E-state index is 11.9. The second-order valence-electron chi connectivity index (χ2n) is 4.47. The highest BCUT2D eigenvalue weighted by Crippen LogP contribution is 2.27. The summed E-state index contributed by atoms with van der Waals surface area (Å²) in [4.78, 5) is 23.3. The third-order valence-corrected chi connectivity index (χ3v) is 3.09. The van der Waals surface area contributed by atoms with E-state index in [1.54, 1.807) is 19.1 Å². The lowest BCUT2D eigenvalue weighted by Crippen LogP contribution is -2.25. The van der Waals surface area contributed by atoms with Gasteiger partial charge in [-0.15, -0.1) is 0 Å². The molecule has 0 aliphatic carbocycles. The van der Waals surface area contributed by atoms with Crippen LogP contribution in [0.4, 0.5) is 0 Å². The van der Waals surface area contributed by atoms with Gasteiger partial charge in [0, 0.05) is 0 Å². The number of esters is 2. The van der Waals surface area contributed by atoms with Gasteiger partial charge < -0.3 is 14.2 Å². The first-order valence-corrected chi connectivity index (χ1v) is 6.42. The van der Waals surface area contributed by atoms with Crippen LogP contribution in [-0.2, 0) is 14.3 Å². The van der Waals surface area contributed by atoms with Gasteiger partial charge >= 0.3 is 11.9 Å². The van der Waals surface area contributed by atoms with Crippen LogP contribution in [0.25, 0.3) is 10.8 Å². The summed E-state index contributed by atoms with van der Waals surface area (Å²) in [5, 5.41) is 1.79. The summed E-state index contributed by atoms with van der Waals surface area (Å²) in [7, 11) is 2.58. The van der Waals surface area contributed by atoms with Crippen molar-refractivity contribution in [2.24, 2.45) is 0 Å². The van der Waals surface area contributed by atoms with Crippen LogP contribution in [-0.4, -0.2) is 32.3 Å². The number of carbonyl (C=O) groups excluding carboxylic acids is 2. The molecule has 21 heavy (non-hydrogen) atoms. The minimum absolute atomic E-state index is 0.270. The zero-order chi connectivity index (χ0) is 15.4. The van der Waals surface area contributed by atoms with Crippen molar-refractivity contribution in [3.8, 4) is 5.75 Å². The first kappa shape index (κ1) is 14.8. The Morgan fingerprint density at radius 3 is 2.19 bits per heavy atom. The zero-order valence-corrected chi connectivity index (χ0v) is 12.1. The molecule has 5 heteroatoms. The molecule has 0 saturated heterocycles. The predicted octanol–water partition coefficient (Wildman–Crippen LogP) is 2.57. The van der Waals surface area contributed by atoms with Gasteiger partial charge in [-0.05, 0) is 29.8 Å². The molecule has 0 radical (unpaired) electrons. The Morgan fingerprint density at radius 2 is 1.62 bits per heavy atom. The Kier molecular flexibility index (Phi) is 4.42. The molecule has 0 aliphatic heterocycles. The first-order chi connectivity index (χ1) is 10.1. The topological polar surface area (TPSA) is 61.8 Å². The van der Waals surface area contributed by atoms with Crippen LogP contribution in [0, 0.1) is 0 Å². The minimum Gasteiger partial charge on any atom is -0.478 e. The van der Waals surface area contributed by atoms with Crippen molar-refractivity contribution >= 4 is 22.7 Å². The number of fused-ring (bicyclic) bond motifs is 1. The molecule has 0 saturated carbocycles. The van der Waals surface area contributed by atoms with Crippen molar-refractivity contribution in [1.29, 1.82) is 0 Å². The zero-order valence-electron chi connectivity index (χ0n) is 12.1. The van der Waals surface area contributed by atoms with Crippen molar-refractivity contribution in [2.75, 3.05) is 14.2 Å². The minimum atomic E-state index is -0.820. The largest absolute Gasteiger partial charge is 0.478 e. The maximum Gasteiger partial charge on any atom is 0.346 e. The molecule has 0 fully saturated rings. The molecule has 2 aromatic rings. The lowest BCUT2D eigenvalue weighted by Gasteiger charge is -2.15. The number of hydrogen-bond acceptors (Lipinski definition) is 5. The number of carbonyl (C=O) groups is 2. The van der Waals surface area contributed by atoms with E-state index in [1.165, 1.54) is 14.2 Å². The number of hydrogen-bond donors (Lipinski definition) is 0. The van der Waals surface area contributed by atoms with Crippen LogP contribution in [0.1, 0.15) is 17.3 Å². The maximum absolute atomic E-state index is 11.9. The molecule has 0 heterocycles. The summed E-state index contributed by atoms with van der Waals surface area (Å²) in [5.74, 6) is -0.745. The molecule has 0 aromatic heterocycles. The molecule has 2 aromatic carbocycles. The molecular weight excluding hydrogens is 272 g/mol. The molecule has 0 aliphatic rings. The van der Waals surface area contributed by atoms with E-state index in [2.05, 4.69) is 4.74 Å². The molecular formula is C16H16O5. The first-order valence-electron chi connectivity index (χ1n) is 6.42. The molecule has 1 atom stereocenters. The summed E-state index contributed by atoms with van der Waals surface area (Å²) in [6, 6.07) is 10.9. The molecule has 110 valence electrons. The van der Waals surface area contributed by atoms with E-state index in [0.29, 0.717) is 5.75 Å². The van der Waals surface area contributed by atoms with E-state index >= 15 is 0 Å². The molecule has 0 N–H and O–H groups in total. The van der Waals surface area contributed by atoms with Crippen LogP contribution >= 0.6 is 0 Å².